The number of carbonyl (C=O) groups is 2. The Morgan fingerprint density at radius 3 is 2.33 bits per heavy atom. The SMILES string of the molecule is COc1cc(/C=C(\C#N)C(=O)NC(C)C)ccc1OC(=O)/C=C/c1ccc(C)cc1. The van der Waals surface area contributed by atoms with E-state index in [4.69, 9.17) is 9.47 Å². The molecule has 0 atom stereocenters. The molecule has 0 fully saturated rings. The third-order valence-electron chi connectivity index (χ3n) is 3.98. The van der Waals surface area contributed by atoms with Crippen LogP contribution in [0.4, 0.5) is 0 Å². The summed E-state index contributed by atoms with van der Waals surface area (Å²) in [4.78, 5) is 24.2. The lowest BCUT2D eigenvalue weighted by Crippen LogP contribution is -2.30. The summed E-state index contributed by atoms with van der Waals surface area (Å²) in [6.07, 6.45) is 4.45. The van der Waals surface area contributed by atoms with Gasteiger partial charge in [-0.1, -0.05) is 35.9 Å². The number of methoxy groups -OCH3 is 1. The van der Waals surface area contributed by atoms with Crippen molar-refractivity contribution in [1.82, 2.24) is 5.32 Å². The van der Waals surface area contributed by atoms with Gasteiger partial charge in [-0.3, -0.25) is 4.79 Å². The molecular weight excluding hydrogens is 380 g/mol. The van der Waals surface area contributed by atoms with E-state index in [9.17, 15) is 14.9 Å². The summed E-state index contributed by atoms with van der Waals surface area (Å²) >= 11 is 0. The first-order valence-electron chi connectivity index (χ1n) is 9.39. The maximum atomic E-state index is 12.1. The first-order valence-corrected chi connectivity index (χ1v) is 9.39. The number of rotatable bonds is 7. The van der Waals surface area contributed by atoms with Crippen LogP contribution >= 0.6 is 0 Å². The van der Waals surface area contributed by atoms with Crippen molar-refractivity contribution in [2.24, 2.45) is 0 Å². The molecule has 2 rings (SSSR count). The average Bonchev–Trinajstić information content (AvgIpc) is 2.71. The Hall–Kier alpha value is -3.85. The van der Waals surface area contributed by atoms with Crippen molar-refractivity contribution in [2.45, 2.75) is 26.8 Å². The smallest absolute Gasteiger partial charge is 0.336 e. The second kappa shape index (κ2) is 10.6. The standard InChI is InChI=1S/C24H24N2O4/c1-16(2)26-24(28)20(15-25)13-19-9-11-21(22(14-19)29-4)30-23(27)12-10-18-7-5-17(3)6-8-18/h5-14,16H,1-4H3,(H,26,28)/b12-10+,20-13+. The zero-order valence-corrected chi connectivity index (χ0v) is 17.4. The number of nitrogens with one attached hydrogen (secondary N) is 1. The highest BCUT2D eigenvalue weighted by molar-refractivity contribution is 6.01. The molecule has 1 N–H and O–H groups in total. The van der Waals surface area contributed by atoms with Crippen LogP contribution in [0.3, 0.4) is 0 Å². The Kier molecular flexibility index (Phi) is 7.95. The molecule has 2 aromatic rings. The van der Waals surface area contributed by atoms with Gasteiger partial charge in [0, 0.05) is 12.1 Å². The van der Waals surface area contributed by atoms with Gasteiger partial charge in [-0.15, -0.1) is 0 Å². The fourth-order valence-electron chi connectivity index (χ4n) is 2.50. The molecular formula is C24H24N2O4. The summed E-state index contributed by atoms with van der Waals surface area (Å²) in [6.45, 7) is 5.61. The second-order valence-corrected chi connectivity index (χ2v) is 6.87. The molecule has 0 aliphatic rings. The van der Waals surface area contributed by atoms with E-state index in [2.05, 4.69) is 5.32 Å². The van der Waals surface area contributed by atoms with Crippen LogP contribution in [-0.2, 0) is 9.59 Å². The predicted molar refractivity (Wildman–Crippen MR) is 116 cm³/mol. The Morgan fingerprint density at radius 1 is 1.07 bits per heavy atom. The van der Waals surface area contributed by atoms with Crippen molar-refractivity contribution in [2.75, 3.05) is 7.11 Å². The Morgan fingerprint density at radius 2 is 1.73 bits per heavy atom. The van der Waals surface area contributed by atoms with Crippen molar-refractivity contribution >= 4 is 24.0 Å². The van der Waals surface area contributed by atoms with Gasteiger partial charge in [0.2, 0.25) is 0 Å². The summed E-state index contributed by atoms with van der Waals surface area (Å²) in [5, 5.41) is 11.9. The van der Waals surface area contributed by atoms with E-state index in [1.165, 1.54) is 19.3 Å². The fraction of sp³-hybridized carbons (Fsp3) is 0.208. The lowest BCUT2D eigenvalue weighted by molar-refractivity contribution is -0.129. The van der Waals surface area contributed by atoms with Crippen LogP contribution in [0.1, 0.15) is 30.5 Å². The van der Waals surface area contributed by atoms with Crippen molar-refractivity contribution in [1.29, 1.82) is 5.26 Å². The zero-order valence-electron chi connectivity index (χ0n) is 17.4. The summed E-state index contributed by atoms with van der Waals surface area (Å²) in [7, 11) is 1.44. The van der Waals surface area contributed by atoms with Gasteiger partial charge in [0.05, 0.1) is 7.11 Å². The monoisotopic (exact) mass is 404 g/mol. The molecule has 0 saturated heterocycles. The summed E-state index contributed by atoms with van der Waals surface area (Å²) in [6, 6.07) is 14.3. The van der Waals surface area contributed by atoms with Crippen LogP contribution in [0.2, 0.25) is 0 Å². The van der Waals surface area contributed by atoms with Gasteiger partial charge in [-0.25, -0.2) is 4.79 Å². The van der Waals surface area contributed by atoms with Gasteiger partial charge < -0.3 is 14.8 Å². The van der Waals surface area contributed by atoms with Crippen molar-refractivity contribution in [3.05, 3.63) is 70.8 Å². The lowest BCUT2D eigenvalue weighted by atomic mass is 10.1. The number of nitrogens with zero attached hydrogens (tertiary/aromatic N) is 1. The predicted octanol–water partition coefficient (Wildman–Crippen LogP) is 4.05. The third kappa shape index (κ3) is 6.64. The van der Waals surface area contributed by atoms with E-state index in [1.807, 2.05) is 51.1 Å². The number of hydrogen-bond donors (Lipinski definition) is 1. The number of esters is 1. The summed E-state index contributed by atoms with van der Waals surface area (Å²) in [5.74, 6) is -0.463. The molecule has 1 amide bonds. The Labute approximate surface area is 176 Å². The van der Waals surface area contributed by atoms with Crippen molar-refractivity contribution in [3.63, 3.8) is 0 Å². The summed E-state index contributed by atoms with van der Waals surface area (Å²) in [5.41, 5.74) is 2.55. The molecule has 154 valence electrons. The van der Waals surface area contributed by atoms with E-state index in [1.54, 1.807) is 24.3 Å². The molecule has 30 heavy (non-hydrogen) atoms. The van der Waals surface area contributed by atoms with Crippen molar-refractivity contribution in [3.8, 4) is 17.6 Å². The third-order valence-corrected chi connectivity index (χ3v) is 3.98. The summed E-state index contributed by atoms with van der Waals surface area (Å²) < 4.78 is 10.6. The highest BCUT2D eigenvalue weighted by Gasteiger charge is 2.12. The first-order chi connectivity index (χ1) is 14.3. The van der Waals surface area contributed by atoms with E-state index in [0.717, 1.165) is 11.1 Å². The minimum absolute atomic E-state index is 0.0310. The quantitative estimate of drug-likeness (QED) is 0.325. The highest BCUT2D eigenvalue weighted by Crippen LogP contribution is 2.29. The maximum Gasteiger partial charge on any atom is 0.336 e. The molecule has 0 bridgehead atoms. The van der Waals surface area contributed by atoms with Gasteiger partial charge in [-0.2, -0.15) is 5.26 Å². The normalized spacial score (nSPS) is 11.3. The average molecular weight is 404 g/mol. The van der Waals surface area contributed by atoms with Crippen LogP contribution in [-0.4, -0.2) is 25.0 Å². The molecule has 2 aromatic carbocycles. The number of carbonyl (C=O) groups excluding carboxylic acids is 2. The number of ether oxygens (including phenoxy) is 2. The number of amides is 1. The Bertz CT molecular complexity index is 1010. The van der Waals surface area contributed by atoms with Crippen LogP contribution in [0.25, 0.3) is 12.2 Å². The minimum Gasteiger partial charge on any atom is -0.493 e. The van der Waals surface area contributed by atoms with E-state index < -0.39 is 11.9 Å². The molecule has 0 aromatic heterocycles. The van der Waals surface area contributed by atoms with Gasteiger partial charge >= 0.3 is 5.97 Å². The molecule has 6 heteroatoms. The van der Waals surface area contributed by atoms with E-state index >= 15 is 0 Å². The number of aryl methyl sites for hydroxylation is 1. The first kappa shape index (κ1) is 22.4. The molecule has 0 aliphatic heterocycles. The van der Waals surface area contributed by atoms with Gasteiger partial charge in [-0.05, 0) is 56.2 Å². The maximum absolute atomic E-state index is 12.1. The van der Waals surface area contributed by atoms with Gasteiger partial charge in [0.1, 0.15) is 11.6 Å². The largest absolute Gasteiger partial charge is 0.493 e. The topological polar surface area (TPSA) is 88.4 Å². The zero-order chi connectivity index (χ0) is 22.1. The van der Waals surface area contributed by atoms with Crippen LogP contribution in [0, 0.1) is 18.3 Å². The molecule has 0 spiro atoms. The fourth-order valence-corrected chi connectivity index (χ4v) is 2.50. The Balaban J connectivity index is 2.16. The number of nitriles is 1. The minimum atomic E-state index is -0.550. The molecule has 0 radical (unpaired) electrons. The number of benzene rings is 2. The number of hydrogen-bond acceptors (Lipinski definition) is 5. The molecule has 0 aliphatic carbocycles. The van der Waals surface area contributed by atoms with Crippen LogP contribution in [0.5, 0.6) is 11.5 Å². The highest BCUT2D eigenvalue weighted by atomic mass is 16.6. The van der Waals surface area contributed by atoms with E-state index in [0.29, 0.717) is 11.3 Å². The molecule has 6 nitrogen and oxygen atoms in total. The van der Waals surface area contributed by atoms with Crippen LogP contribution in [0.15, 0.2) is 54.1 Å². The second-order valence-electron chi connectivity index (χ2n) is 6.87. The van der Waals surface area contributed by atoms with E-state index in [-0.39, 0.29) is 17.4 Å². The molecule has 0 unspecified atom stereocenters. The molecule has 0 saturated carbocycles. The molecule has 0 heterocycles. The van der Waals surface area contributed by atoms with Crippen molar-refractivity contribution < 1.29 is 19.1 Å². The van der Waals surface area contributed by atoms with Crippen LogP contribution < -0.4 is 14.8 Å². The lowest BCUT2D eigenvalue weighted by Gasteiger charge is -2.10. The van der Waals surface area contributed by atoms with Gasteiger partial charge in [0.25, 0.3) is 5.91 Å². The van der Waals surface area contributed by atoms with Gasteiger partial charge in [0.15, 0.2) is 11.5 Å².